The summed E-state index contributed by atoms with van der Waals surface area (Å²) in [5, 5.41) is 3.29. The van der Waals surface area contributed by atoms with Crippen molar-refractivity contribution in [2.75, 3.05) is 11.4 Å². The van der Waals surface area contributed by atoms with E-state index in [1.807, 2.05) is 0 Å². The Hall–Kier alpha value is -1.51. The predicted octanol–water partition coefficient (Wildman–Crippen LogP) is 3.52. The van der Waals surface area contributed by atoms with Gasteiger partial charge in [0.15, 0.2) is 0 Å². The molecule has 0 spiro atoms. The van der Waals surface area contributed by atoms with Gasteiger partial charge in [-0.2, -0.15) is 0 Å². The molecule has 1 saturated carbocycles. The smallest absolute Gasteiger partial charge is 0.239 e. The molecular formula is C19H28N2O. The SMILES string of the molecule is C[C@@H]1CCCC[C@@H]1NC(=O)CN1c2ccccc2CC[C@@H]1C. The molecule has 3 nitrogen and oxygen atoms in total. The van der Waals surface area contributed by atoms with Crippen LogP contribution < -0.4 is 10.2 Å². The molecule has 120 valence electrons. The summed E-state index contributed by atoms with van der Waals surface area (Å²) >= 11 is 0. The van der Waals surface area contributed by atoms with Crippen molar-refractivity contribution in [1.82, 2.24) is 5.32 Å². The van der Waals surface area contributed by atoms with Crippen molar-refractivity contribution in [1.29, 1.82) is 0 Å². The molecule has 0 aromatic heterocycles. The summed E-state index contributed by atoms with van der Waals surface area (Å²) in [5.74, 6) is 0.797. The second kappa shape index (κ2) is 6.72. The Morgan fingerprint density at radius 3 is 2.77 bits per heavy atom. The second-order valence-electron chi connectivity index (χ2n) is 7.08. The molecule has 0 unspecified atom stereocenters. The number of fused-ring (bicyclic) bond motifs is 1. The number of amides is 1. The zero-order valence-corrected chi connectivity index (χ0v) is 13.8. The van der Waals surface area contributed by atoms with Crippen LogP contribution in [0.3, 0.4) is 0 Å². The van der Waals surface area contributed by atoms with E-state index in [9.17, 15) is 4.79 Å². The third kappa shape index (κ3) is 3.29. The predicted molar refractivity (Wildman–Crippen MR) is 91.1 cm³/mol. The molecule has 22 heavy (non-hydrogen) atoms. The fourth-order valence-corrected chi connectivity index (χ4v) is 3.94. The first-order chi connectivity index (χ1) is 10.6. The summed E-state index contributed by atoms with van der Waals surface area (Å²) in [5.41, 5.74) is 2.62. The molecule has 1 heterocycles. The standard InChI is InChI=1S/C19H28N2O/c1-14-7-3-5-9-17(14)20-19(22)13-21-15(2)11-12-16-8-4-6-10-18(16)21/h4,6,8,10,14-15,17H,3,5,7,9,11-13H2,1-2H3,(H,20,22)/t14-,15+,17+/m1/s1. The Morgan fingerprint density at radius 2 is 1.95 bits per heavy atom. The van der Waals surface area contributed by atoms with Crippen LogP contribution >= 0.6 is 0 Å². The van der Waals surface area contributed by atoms with Crippen molar-refractivity contribution in [2.24, 2.45) is 5.92 Å². The highest BCUT2D eigenvalue weighted by Crippen LogP contribution is 2.30. The normalized spacial score (nSPS) is 28.1. The molecule has 1 aliphatic carbocycles. The maximum absolute atomic E-state index is 12.5. The van der Waals surface area contributed by atoms with E-state index in [0.29, 0.717) is 24.5 Å². The Labute approximate surface area is 134 Å². The zero-order valence-electron chi connectivity index (χ0n) is 13.8. The number of hydrogen-bond acceptors (Lipinski definition) is 2. The lowest BCUT2D eigenvalue weighted by molar-refractivity contribution is -0.121. The van der Waals surface area contributed by atoms with Crippen molar-refractivity contribution >= 4 is 11.6 Å². The molecule has 3 atom stereocenters. The number of rotatable bonds is 3. The molecule has 3 rings (SSSR count). The van der Waals surface area contributed by atoms with E-state index >= 15 is 0 Å². The van der Waals surface area contributed by atoms with Gasteiger partial charge in [0.05, 0.1) is 6.54 Å². The average Bonchev–Trinajstić information content (AvgIpc) is 2.52. The van der Waals surface area contributed by atoms with Crippen LogP contribution in [0.5, 0.6) is 0 Å². The van der Waals surface area contributed by atoms with Crippen LogP contribution in [0, 0.1) is 5.92 Å². The van der Waals surface area contributed by atoms with E-state index in [2.05, 4.69) is 48.3 Å². The van der Waals surface area contributed by atoms with Gasteiger partial charge < -0.3 is 10.2 Å². The number of benzene rings is 1. The van der Waals surface area contributed by atoms with Crippen LogP contribution in [0.25, 0.3) is 0 Å². The third-order valence-corrected chi connectivity index (χ3v) is 5.44. The topological polar surface area (TPSA) is 32.3 Å². The van der Waals surface area contributed by atoms with Crippen LogP contribution in [0.2, 0.25) is 0 Å². The molecule has 0 saturated heterocycles. The number of nitrogens with one attached hydrogen (secondary N) is 1. The van der Waals surface area contributed by atoms with Gasteiger partial charge in [0, 0.05) is 17.8 Å². The van der Waals surface area contributed by atoms with Gasteiger partial charge in [0.1, 0.15) is 0 Å². The van der Waals surface area contributed by atoms with Gasteiger partial charge in [-0.15, -0.1) is 0 Å². The van der Waals surface area contributed by atoms with Gasteiger partial charge in [0.25, 0.3) is 0 Å². The van der Waals surface area contributed by atoms with Crippen molar-refractivity contribution in [3.05, 3.63) is 29.8 Å². The van der Waals surface area contributed by atoms with Gasteiger partial charge in [-0.25, -0.2) is 0 Å². The van der Waals surface area contributed by atoms with Crippen LogP contribution in [0.4, 0.5) is 5.69 Å². The lowest BCUT2D eigenvalue weighted by atomic mass is 9.86. The molecule has 0 radical (unpaired) electrons. The highest BCUT2D eigenvalue weighted by molar-refractivity contribution is 5.82. The molecule has 1 aromatic rings. The van der Waals surface area contributed by atoms with Crippen molar-refractivity contribution in [3.63, 3.8) is 0 Å². The Bertz CT molecular complexity index is 528. The molecule has 0 bridgehead atoms. The lowest BCUT2D eigenvalue weighted by Gasteiger charge is -2.37. The number of carbonyl (C=O) groups is 1. The van der Waals surface area contributed by atoms with Crippen molar-refractivity contribution < 1.29 is 4.79 Å². The largest absolute Gasteiger partial charge is 0.359 e. The Balaban J connectivity index is 1.66. The molecule has 3 heteroatoms. The summed E-state index contributed by atoms with van der Waals surface area (Å²) in [4.78, 5) is 14.8. The van der Waals surface area contributed by atoms with Gasteiger partial charge in [-0.3, -0.25) is 4.79 Å². The number of anilines is 1. The number of carbonyl (C=O) groups excluding carboxylic acids is 1. The zero-order chi connectivity index (χ0) is 15.5. The van der Waals surface area contributed by atoms with Gasteiger partial charge in [0.2, 0.25) is 5.91 Å². The van der Waals surface area contributed by atoms with E-state index < -0.39 is 0 Å². The summed E-state index contributed by atoms with van der Waals surface area (Å²) in [6.45, 7) is 4.98. The molecule has 1 N–H and O–H groups in total. The monoisotopic (exact) mass is 300 g/mol. The molecule has 2 aliphatic rings. The summed E-state index contributed by atoms with van der Waals surface area (Å²) in [7, 11) is 0. The van der Waals surface area contributed by atoms with Gasteiger partial charge >= 0.3 is 0 Å². The van der Waals surface area contributed by atoms with Crippen LogP contribution in [0.15, 0.2) is 24.3 Å². The van der Waals surface area contributed by atoms with Gasteiger partial charge in [-0.05, 0) is 50.2 Å². The van der Waals surface area contributed by atoms with Crippen molar-refractivity contribution in [2.45, 2.75) is 64.5 Å². The molecule has 1 aliphatic heterocycles. The quantitative estimate of drug-likeness (QED) is 0.926. The maximum Gasteiger partial charge on any atom is 0.239 e. The first-order valence-corrected chi connectivity index (χ1v) is 8.79. The highest BCUT2D eigenvalue weighted by atomic mass is 16.2. The minimum absolute atomic E-state index is 0.183. The van der Waals surface area contributed by atoms with E-state index in [0.717, 1.165) is 19.3 Å². The van der Waals surface area contributed by atoms with E-state index in [-0.39, 0.29) is 5.91 Å². The Morgan fingerprint density at radius 1 is 1.18 bits per heavy atom. The maximum atomic E-state index is 12.5. The number of nitrogens with zero attached hydrogens (tertiary/aromatic N) is 1. The number of aryl methyl sites for hydroxylation is 1. The Kier molecular flexibility index (Phi) is 4.70. The molecule has 1 aromatic carbocycles. The molecule has 1 amide bonds. The second-order valence-corrected chi connectivity index (χ2v) is 7.08. The number of hydrogen-bond donors (Lipinski definition) is 1. The van der Waals surface area contributed by atoms with Crippen molar-refractivity contribution in [3.8, 4) is 0 Å². The van der Waals surface area contributed by atoms with Gasteiger partial charge in [-0.1, -0.05) is 38.0 Å². The fraction of sp³-hybridized carbons (Fsp3) is 0.632. The molecular weight excluding hydrogens is 272 g/mol. The summed E-state index contributed by atoms with van der Waals surface area (Å²) in [6, 6.07) is 9.32. The van der Waals surface area contributed by atoms with Crippen LogP contribution in [-0.4, -0.2) is 24.5 Å². The van der Waals surface area contributed by atoms with Crippen LogP contribution in [0.1, 0.15) is 51.5 Å². The number of para-hydroxylation sites is 1. The third-order valence-electron chi connectivity index (χ3n) is 5.44. The summed E-state index contributed by atoms with van der Waals surface area (Å²) in [6.07, 6.45) is 7.19. The van der Waals surface area contributed by atoms with Crippen LogP contribution in [-0.2, 0) is 11.2 Å². The lowest BCUT2D eigenvalue weighted by Crippen LogP contribution is -2.48. The highest BCUT2D eigenvalue weighted by Gasteiger charge is 2.27. The first kappa shape index (κ1) is 15.4. The van der Waals surface area contributed by atoms with E-state index in [4.69, 9.17) is 0 Å². The minimum Gasteiger partial charge on any atom is -0.359 e. The van der Waals surface area contributed by atoms with E-state index in [1.54, 1.807) is 0 Å². The minimum atomic E-state index is 0.183. The van der Waals surface area contributed by atoms with E-state index in [1.165, 1.54) is 30.5 Å². The molecule has 1 fully saturated rings. The average molecular weight is 300 g/mol. The first-order valence-electron chi connectivity index (χ1n) is 8.79. The summed E-state index contributed by atoms with van der Waals surface area (Å²) < 4.78 is 0. The fourth-order valence-electron chi connectivity index (χ4n) is 3.94.